The number of carbonyl (C=O) groups is 1. The van der Waals surface area contributed by atoms with Crippen molar-refractivity contribution in [3.05, 3.63) is 35.4 Å². The highest BCUT2D eigenvalue weighted by molar-refractivity contribution is 7.88. The van der Waals surface area contributed by atoms with Gasteiger partial charge in [-0.15, -0.1) is 0 Å². The molecule has 0 heterocycles. The van der Waals surface area contributed by atoms with Crippen LogP contribution < -0.4 is 16.2 Å². The normalized spacial score (nSPS) is 11.4. The fourth-order valence-electron chi connectivity index (χ4n) is 1.33. The van der Waals surface area contributed by atoms with Crippen molar-refractivity contribution in [3.63, 3.8) is 0 Å². The first-order valence-electron chi connectivity index (χ1n) is 4.97. The van der Waals surface area contributed by atoms with Gasteiger partial charge in [-0.3, -0.25) is 4.79 Å². The molecule has 0 saturated carbocycles. The van der Waals surface area contributed by atoms with Crippen LogP contribution in [0.15, 0.2) is 24.3 Å². The van der Waals surface area contributed by atoms with Crippen LogP contribution in [0.3, 0.4) is 0 Å². The number of benzene rings is 1. The van der Waals surface area contributed by atoms with E-state index in [1.165, 1.54) is 0 Å². The third-order valence-electron chi connectivity index (χ3n) is 2.15. The van der Waals surface area contributed by atoms with Gasteiger partial charge in [0.25, 0.3) is 0 Å². The van der Waals surface area contributed by atoms with Gasteiger partial charge in [0, 0.05) is 6.54 Å². The first-order valence-corrected chi connectivity index (χ1v) is 6.62. The number of nitrogens with one attached hydrogen (secondary N) is 1. The predicted octanol–water partition coefficient (Wildman–Crippen LogP) is -0.950. The second kappa shape index (κ2) is 5.76. The number of hydrogen-bond donors (Lipinski definition) is 3. The zero-order valence-corrected chi connectivity index (χ0v) is 10.0. The van der Waals surface area contributed by atoms with Crippen LogP contribution in [0.2, 0.25) is 0 Å². The fourth-order valence-corrected chi connectivity index (χ4v) is 2.49. The molecule has 0 spiro atoms. The Bertz CT molecular complexity index is 499. The Balaban J connectivity index is 2.79. The Morgan fingerprint density at radius 1 is 1.24 bits per heavy atom. The first-order chi connectivity index (χ1) is 7.94. The van der Waals surface area contributed by atoms with Crippen LogP contribution in [-0.4, -0.2) is 20.9 Å². The summed E-state index contributed by atoms with van der Waals surface area (Å²) in [5, 5.41) is 0. The van der Waals surface area contributed by atoms with Crippen molar-refractivity contribution in [1.29, 1.82) is 0 Å². The summed E-state index contributed by atoms with van der Waals surface area (Å²) in [7, 11) is -3.57. The summed E-state index contributed by atoms with van der Waals surface area (Å²) in [6.45, 7) is -0.130. The third-order valence-corrected chi connectivity index (χ3v) is 3.43. The van der Waals surface area contributed by atoms with Crippen molar-refractivity contribution >= 4 is 15.9 Å². The molecule has 0 unspecified atom stereocenters. The number of carbonyl (C=O) groups excluding carboxylic acids is 1. The highest BCUT2D eigenvalue weighted by Crippen LogP contribution is 2.11. The SMILES string of the molecule is NCc1ccccc1CS(=O)(=O)NCC(N)=O. The standard InChI is InChI=1S/C10H15N3O3S/c11-5-8-3-1-2-4-9(8)7-17(15,16)13-6-10(12)14/h1-4,13H,5-7,11H2,(H2,12,14). The summed E-state index contributed by atoms with van der Waals surface area (Å²) in [5.41, 5.74) is 11.7. The van der Waals surface area contributed by atoms with E-state index in [9.17, 15) is 13.2 Å². The topological polar surface area (TPSA) is 115 Å². The minimum atomic E-state index is -3.57. The van der Waals surface area contributed by atoms with Crippen LogP contribution in [0.4, 0.5) is 0 Å². The highest BCUT2D eigenvalue weighted by Gasteiger charge is 2.14. The molecular formula is C10H15N3O3S. The molecule has 0 aliphatic rings. The van der Waals surface area contributed by atoms with Crippen LogP contribution >= 0.6 is 0 Å². The Morgan fingerprint density at radius 3 is 2.35 bits per heavy atom. The Kier molecular flexibility index (Phi) is 4.62. The number of amides is 1. The molecule has 0 saturated heterocycles. The number of hydrogen-bond acceptors (Lipinski definition) is 4. The number of sulfonamides is 1. The summed E-state index contributed by atoms with van der Waals surface area (Å²) in [5.74, 6) is -0.936. The minimum absolute atomic E-state index is 0.215. The maximum atomic E-state index is 11.6. The maximum absolute atomic E-state index is 11.6. The molecule has 17 heavy (non-hydrogen) atoms. The van der Waals surface area contributed by atoms with Crippen molar-refractivity contribution in [2.45, 2.75) is 12.3 Å². The lowest BCUT2D eigenvalue weighted by Gasteiger charge is -2.08. The molecular weight excluding hydrogens is 242 g/mol. The molecule has 0 aromatic heterocycles. The molecule has 0 atom stereocenters. The van der Waals surface area contributed by atoms with E-state index < -0.39 is 22.5 Å². The minimum Gasteiger partial charge on any atom is -0.369 e. The lowest BCUT2D eigenvalue weighted by Crippen LogP contribution is -2.34. The highest BCUT2D eigenvalue weighted by atomic mass is 32.2. The smallest absolute Gasteiger partial charge is 0.232 e. The van der Waals surface area contributed by atoms with E-state index in [0.29, 0.717) is 5.56 Å². The molecule has 1 rings (SSSR count). The summed E-state index contributed by atoms with van der Waals surface area (Å²) >= 11 is 0. The lowest BCUT2D eigenvalue weighted by molar-refractivity contribution is -0.116. The molecule has 0 aliphatic heterocycles. The Labute approximate surface area is 100 Å². The van der Waals surface area contributed by atoms with Crippen molar-refractivity contribution < 1.29 is 13.2 Å². The van der Waals surface area contributed by atoms with Gasteiger partial charge in [-0.1, -0.05) is 24.3 Å². The van der Waals surface area contributed by atoms with E-state index in [2.05, 4.69) is 4.72 Å². The van der Waals surface area contributed by atoms with Gasteiger partial charge in [0.15, 0.2) is 0 Å². The van der Waals surface area contributed by atoms with Gasteiger partial charge in [-0.05, 0) is 11.1 Å². The van der Waals surface area contributed by atoms with Crippen molar-refractivity contribution in [2.24, 2.45) is 11.5 Å². The van der Waals surface area contributed by atoms with E-state index >= 15 is 0 Å². The van der Waals surface area contributed by atoms with E-state index in [4.69, 9.17) is 11.5 Å². The first kappa shape index (κ1) is 13.6. The van der Waals surface area contributed by atoms with Crippen LogP contribution in [0.1, 0.15) is 11.1 Å². The monoisotopic (exact) mass is 257 g/mol. The second-order valence-electron chi connectivity index (χ2n) is 3.52. The van der Waals surface area contributed by atoms with Crippen LogP contribution in [0, 0.1) is 0 Å². The zero-order valence-electron chi connectivity index (χ0n) is 9.22. The quantitative estimate of drug-likeness (QED) is 0.609. The van der Waals surface area contributed by atoms with E-state index in [0.717, 1.165) is 5.56 Å². The van der Waals surface area contributed by atoms with E-state index in [-0.39, 0.29) is 12.3 Å². The second-order valence-corrected chi connectivity index (χ2v) is 5.33. The number of nitrogens with two attached hydrogens (primary N) is 2. The molecule has 1 aromatic rings. The zero-order chi connectivity index (χ0) is 12.9. The molecule has 0 bridgehead atoms. The molecule has 0 radical (unpaired) electrons. The van der Waals surface area contributed by atoms with Gasteiger partial charge in [0.05, 0.1) is 12.3 Å². The van der Waals surface area contributed by atoms with Gasteiger partial charge in [-0.2, -0.15) is 0 Å². The molecule has 7 heteroatoms. The van der Waals surface area contributed by atoms with Gasteiger partial charge < -0.3 is 11.5 Å². The largest absolute Gasteiger partial charge is 0.369 e. The maximum Gasteiger partial charge on any atom is 0.232 e. The van der Waals surface area contributed by atoms with Crippen molar-refractivity contribution in [1.82, 2.24) is 4.72 Å². The lowest BCUT2D eigenvalue weighted by atomic mass is 10.1. The van der Waals surface area contributed by atoms with E-state index in [1.807, 2.05) is 0 Å². The average Bonchev–Trinajstić information content (AvgIpc) is 2.27. The van der Waals surface area contributed by atoms with Gasteiger partial charge in [0.1, 0.15) is 0 Å². The van der Waals surface area contributed by atoms with Crippen molar-refractivity contribution in [2.75, 3.05) is 6.54 Å². The summed E-state index contributed by atoms with van der Waals surface area (Å²) < 4.78 is 25.3. The molecule has 5 N–H and O–H groups in total. The molecule has 6 nitrogen and oxygen atoms in total. The average molecular weight is 257 g/mol. The summed E-state index contributed by atoms with van der Waals surface area (Å²) in [6, 6.07) is 6.97. The fraction of sp³-hybridized carbons (Fsp3) is 0.300. The summed E-state index contributed by atoms with van der Waals surface area (Å²) in [4.78, 5) is 10.5. The molecule has 1 aromatic carbocycles. The number of primary amides is 1. The van der Waals surface area contributed by atoms with Crippen LogP contribution in [0.25, 0.3) is 0 Å². The van der Waals surface area contributed by atoms with E-state index in [1.54, 1.807) is 24.3 Å². The molecule has 0 aliphatic carbocycles. The Hall–Kier alpha value is -1.44. The van der Waals surface area contributed by atoms with Crippen LogP contribution in [0.5, 0.6) is 0 Å². The summed E-state index contributed by atoms with van der Waals surface area (Å²) in [6.07, 6.45) is 0. The molecule has 0 fully saturated rings. The molecule has 94 valence electrons. The molecule has 1 amide bonds. The van der Waals surface area contributed by atoms with Crippen molar-refractivity contribution in [3.8, 4) is 0 Å². The predicted molar refractivity (Wildman–Crippen MR) is 64.2 cm³/mol. The number of rotatable bonds is 6. The Morgan fingerprint density at radius 2 is 1.82 bits per heavy atom. The van der Waals surface area contributed by atoms with Gasteiger partial charge in [-0.25, -0.2) is 13.1 Å². The van der Waals surface area contributed by atoms with Crippen LogP contribution in [-0.2, 0) is 27.1 Å². The van der Waals surface area contributed by atoms with Gasteiger partial charge in [0.2, 0.25) is 15.9 Å². The van der Waals surface area contributed by atoms with Gasteiger partial charge >= 0.3 is 0 Å². The third kappa shape index (κ3) is 4.51.